The maximum absolute atomic E-state index is 12.8. The fourth-order valence-corrected chi connectivity index (χ4v) is 3.17. The molecule has 0 aliphatic rings. The number of hydrogen-bond donors (Lipinski definition) is 1. The van der Waals surface area contributed by atoms with Gasteiger partial charge in [0.05, 0.1) is 33.4 Å². The molecule has 2 aromatic carbocycles. The number of benzene rings is 2. The van der Waals surface area contributed by atoms with Gasteiger partial charge in [0, 0.05) is 18.1 Å². The number of anilines is 1. The van der Waals surface area contributed by atoms with E-state index in [-0.39, 0.29) is 18.4 Å². The standard InChI is InChI=1S/C21H19Cl2N3O2/c1-12-4-7-19-14(8-12)9-16(13(2)24-19)21(28)26(3)11-20(27)25-15-5-6-17(22)18(23)10-15/h4-10H,11H2,1-3H3,(H,25,27). The number of aromatic nitrogens is 1. The van der Waals surface area contributed by atoms with Gasteiger partial charge in [0.25, 0.3) is 5.91 Å². The van der Waals surface area contributed by atoms with Crippen LogP contribution in [-0.4, -0.2) is 35.3 Å². The summed E-state index contributed by atoms with van der Waals surface area (Å²) in [5, 5.41) is 4.35. The molecular formula is C21H19Cl2N3O2. The van der Waals surface area contributed by atoms with Gasteiger partial charge < -0.3 is 10.2 Å². The van der Waals surface area contributed by atoms with Crippen LogP contribution in [-0.2, 0) is 4.79 Å². The summed E-state index contributed by atoms with van der Waals surface area (Å²) in [7, 11) is 1.58. The Bertz CT molecular complexity index is 1080. The van der Waals surface area contributed by atoms with Crippen LogP contribution >= 0.6 is 23.2 Å². The largest absolute Gasteiger partial charge is 0.332 e. The first-order valence-corrected chi connectivity index (χ1v) is 9.38. The molecule has 5 nitrogen and oxygen atoms in total. The minimum absolute atomic E-state index is 0.107. The molecule has 0 spiro atoms. The average Bonchev–Trinajstić information content (AvgIpc) is 2.63. The second-order valence-corrected chi connectivity index (χ2v) is 7.47. The van der Waals surface area contributed by atoms with E-state index in [2.05, 4.69) is 10.3 Å². The third-order valence-electron chi connectivity index (χ3n) is 4.32. The van der Waals surface area contributed by atoms with Crippen molar-refractivity contribution in [3.05, 3.63) is 69.3 Å². The number of pyridine rings is 1. The summed E-state index contributed by atoms with van der Waals surface area (Å²) in [5.74, 6) is -0.603. The number of carbonyl (C=O) groups is 2. The molecule has 0 saturated heterocycles. The summed E-state index contributed by atoms with van der Waals surface area (Å²) >= 11 is 11.8. The average molecular weight is 416 g/mol. The summed E-state index contributed by atoms with van der Waals surface area (Å²) < 4.78 is 0. The Morgan fingerprint density at radius 2 is 1.79 bits per heavy atom. The van der Waals surface area contributed by atoms with Crippen molar-refractivity contribution in [2.75, 3.05) is 18.9 Å². The monoisotopic (exact) mass is 415 g/mol. The maximum atomic E-state index is 12.8. The van der Waals surface area contributed by atoms with Crippen molar-refractivity contribution in [3.63, 3.8) is 0 Å². The Labute approximate surface area is 173 Å². The number of hydrogen-bond acceptors (Lipinski definition) is 3. The van der Waals surface area contributed by atoms with Crippen molar-refractivity contribution in [1.82, 2.24) is 9.88 Å². The van der Waals surface area contributed by atoms with Gasteiger partial charge in [0.1, 0.15) is 0 Å². The molecule has 1 heterocycles. The quantitative estimate of drug-likeness (QED) is 0.660. The second kappa shape index (κ2) is 8.17. The Morgan fingerprint density at radius 3 is 2.50 bits per heavy atom. The van der Waals surface area contributed by atoms with E-state index in [0.717, 1.165) is 16.5 Å². The van der Waals surface area contributed by atoms with E-state index in [1.165, 1.54) is 4.90 Å². The number of fused-ring (bicyclic) bond motifs is 1. The predicted octanol–water partition coefficient (Wildman–Crippen LogP) is 4.87. The SMILES string of the molecule is Cc1ccc2nc(C)c(C(=O)N(C)CC(=O)Nc3ccc(Cl)c(Cl)c3)cc2c1. The van der Waals surface area contributed by atoms with Gasteiger partial charge in [-0.25, -0.2) is 0 Å². The summed E-state index contributed by atoms with van der Waals surface area (Å²) in [6, 6.07) is 12.5. The van der Waals surface area contributed by atoms with E-state index < -0.39 is 0 Å². The normalized spacial score (nSPS) is 10.8. The maximum Gasteiger partial charge on any atom is 0.255 e. The highest BCUT2D eigenvalue weighted by molar-refractivity contribution is 6.42. The Morgan fingerprint density at radius 1 is 1.04 bits per heavy atom. The molecule has 0 radical (unpaired) electrons. The number of halogens is 2. The van der Waals surface area contributed by atoms with Crippen LogP contribution in [0.25, 0.3) is 10.9 Å². The lowest BCUT2D eigenvalue weighted by atomic mass is 10.1. The fourth-order valence-electron chi connectivity index (χ4n) is 2.88. The fraction of sp³-hybridized carbons (Fsp3) is 0.190. The smallest absolute Gasteiger partial charge is 0.255 e. The van der Waals surface area contributed by atoms with E-state index in [1.54, 1.807) is 32.2 Å². The number of aryl methyl sites for hydroxylation is 2. The molecule has 1 N–H and O–H groups in total. The predicted molar refractivity (Wildman–Crippen MR) is 113 cm³/mol. The molecule has 3 aromatic rings. The molecule has 7 heteroatoms. The molecule has 0 bridgehead atoms. The minimum Gasteiger partial charge on any atom is -0.332 e. The van der Waals surface area contributed by atoms with E-state index in [0.29, 0.717) is 27.0 Å². The van der Waals surface area contributed by atoms with Gasteiger partial charge in [-0.3, -0.25) is 14.6 Å². The first-order valence-electron chi connectivity index (χ1n) is 8.63. The summed E-state index contributed by atoms with van der Waals surface area (Å²) in [4.78, 5) is 31.0. The number of amides is 2. The molecular weight excluding hydrogens is 397 g/mol. The van der Waals surface area contributed by atoms with Crippen molar-refractivity contribution in [1.29, 1.82) is 0 Å². The van der Waals surface area contributed by atoms with Gasteiger partial charge in [-0.15, -0.1) is 0 Å². The van der Waals surface area contributed by atoms with Crippen molar-refractivity contribution < 1.29 is 9.59 Å². The highest BCUT2D eigenvalue weighted by Gasteiger charge is 2.18. The van der Waals surface area contributed by atoms with Crippen LogP contribution in [0.2, 0.25) is 10.0 Å². The molecule has 28 heavy (non-hydrogen) atoms. The molecule has 0 aliphatic heterocycles. The third kappa shape index (κ3) is 4.43. The molecule has 0 fully saturated rings. The Balaban J connectivity index is 1.74. The van der Waals surface area contributed by atoms with Crippen molar-refractivity contribution in [2.24, 2.45) is 0 Å². The first-order chi connectivity index (χ1) is 13.2. The molecule has 144 valence electrons. The topological polar surface area (TPSA) is 62.3 Å². The number of carbonyl (C=O) groups excluding carboxylic acids is 2. The molecule has 0 saturated carbocycles. The lowest BCUT2D eigenvalue weighted by Crippen LogP contribution is -2.35. The molecule has 0 aliphatic carbocycles. The number of likely N-dealkylation sites (N-methyl/N-ethyl adjacent to an activating group) is 1. The van der Waals surface area contributed by atoms with Crippen molar-refractivity contribution in [2.45, 2.75) is 13.8 Å². The molecule has 0 atom stereocenters. The number of nitrogens with zero attached hydrogens (tertiary/aromatic N) is 2. The van der Waals surface area contributed by atoms with Gasteiger partial charge in [-0.1, -0.05) is 34.8 Å². The zero-order valence-corrected chi connectivity index (χ0v) is 17.2. The lowest BCUT2D eigenvalue weighted by molar-refractivity contribution is -0.116. The zero-order chi connectivity index (χ0) is 20.4. The van der Waals surface area contributed by atoms with Crippen LogP contribution in [0.3, 0.4) is 0 Å². The van der Waals surface area contributed by atoms with Gasteiger partial charge in [-0.2, -0.15) is 0 Å². The van der Waals surface area contributed by atoms with E-state index in [4.69, 9.17) is 23.2 Å². The van der Waals surface area contributed by atoms with Crippen LogP contribution in [0.15, 0.2) is 42.5 Å². The van der Waals surface area contributed by atoms with E-state index in [1.807, 2.05) is 31.2 Å². The number of nitrogens with one attached hydrogen (secondary N) is 1. The second-order valence-electron chi connectivity index (χ2n) is 6.66. The summed E-state index contributed by atoms with van der Waals surface area (Å²) in [5.41, 5.74) is 3.53. The molecule has 3 rings (SSSR count). The van der Waals surface area contributed by atoms with Crippen LogP contribution in [0.5, 0.6) is 0 Å². The molecule has 0 unspecified atom stereocenters. The highest BCUT2D eigenvalue weighted by atomic mass is 35.5. The summed E-state index contributed by atoms with van der Waals surface area (Å²) in [6.45, 7) is 3.67. The van der Waals surface area contributed by atoms with Crippen molar-refractivity contribution in [3.8, 4) is 0 Å². The van der Waals surface area contributed by atoms with E-state index >= 15 is 0 Å². The summed E-state index contributed by atoms with van der Waals surface area (Å²) in [6.07, 6.45) is 0. The van der Waals surface area contributed by atoms with Crippen LogP contribution in [0.4, 0.5) is 5.69 Å². The minimum atomic E-state index is -0.337. The first kappa shape index (κ1) is 20.1. The number of rotatable bonds is 4. The van der Waals surface area contributed by atoms with Gasteiger partial charge >= 0.3 is 0 Å². The Kier molecular flexibility index (Phi) is 5.87. The van der Waals surface area contributed by atoms with E-state index in [9.17, 15) is 9.59 Å². The van der Waals surface area contributed by atoms with Crippen molar-refractivity contribution >= 4 is 51.6 Å². The third-order valence-corrected chi connectivity index (χ3v) is 5.06. The van der Waals surface area contributed by atoms with Gasteiger partial charge in [-0.05, 0) is 50.2 Å². The van der Waals surface area contributed by atoms with Gasteiger partial charge in [0.15, 0.2) is 0 Å². The zero-order valence-electron chi connectivity index (χ0n) is 15.7. The van der Waals surface area contributed by atoms with Crippen LogP contribution in [0.1, 0.15) is 21.6 Å². The molecule has 1 aromatic heterocycles. The lowest BCUT2D eigenvalue weighted by Gasteiger charge is -2.18. The van der Waals surface area contributed by atoms with Gasteiger partial charge in [0.2, 0.25) is 5.91 Å². The van der Waals surface area contributed by atoms with Crippen LogP contribution in [0, 0.1) is 13.8 Å². The molecule has 2 amide bonds. The Hall–Kier alpha value is -2.63. The highest BCUT2D eigenvalue weighted by Crippen LogP contribution is 2.25. The van der Waals surface area contributed by atoms with Crippen LogP contribution < -0.4 is 5.32 Å².